The Morgan fingerprint density at radius 2 is 1.76 bits per heavy atom. The summed E-state index contributed by atoms with van der Waals surface area (Å²) in [5.74, 6) is -6.54. The van der Waals surface area contributed by atoms with Crippen molar-refractivity contribution in [3.05, 3.63) is 40.2 Å². The summed E-state index contributed by atoms with van der Waals surface area (Å²) in [6, 6.07) is 2.01. The first-order valence-corrected chi connectivity index (χ1v) is 10.5. The number of primary amides is 1. The summed E-state index contributed by atoms with van der Waals surface area (Å²) < 4.78 is 0. The van der Waals surface area contributed by atoms with E-state index in [0.717, 1.165) is 5.69 Å². The van der Waals surface area contributed by atoms with Crippen LogP contribution in [-0.4, -0.2) is 82.6 Å². The molecule has 3 aliphatic carbocycles. The first-order valence-electron chi connectivity index (χ1n) is 10.5. The van der Waals surface area contributed by atoms with E-state index < -0.39 is 58.0 Å². The number of aromatic hydroxyl groups is 1. The average Bonchev–Trinajstić information content (AvgIpc) is 2.70. The van der Waals surface area contributed by atoms with Crippen molar-refractivity contribution >= 4 is 28.9 Å². The predicted octanol–water partition coefficient (Wildman–Crippen LogP) is 0.0300. The van der Waals surface area contributed by atoms with Gasteiger partial charge in [0, 0.05) is 31.3 Å². The van der Waals surface area contributed by atoms with Crippen molar-refractivity contribution in [1.82, 2.24) is 4.90 Å². The number of likely N-dealkylation sites (N-methyl/N-ethyl adjacent to an activating group) is 1. The molecule has 1 aromatic rings. The van der Waals surface area contributed by atoms with Crippen LogP contribution in [0.1, 0.15) is 17.5 Å². The monoisotopic (exact) mass is 457 g/mol. The van der Waals surface area contributed by atoms with Gasteiger partial charge in [0.15, 0.2) is 11.4 Å². The molecule has 0 radical (unpaired) electrons. The van der Waals surface area contributed by atoms with Gasteiger partial charge in [-0.2, -0.15) is 0 Å². The van der Waals surface area contributed by atoms with Gasteiger partial charge in [0.2, 0.25) is 5.78 Å². The molecule has 1 aromatic carbocycles. The standard InChI is InChI=1S/C23H27N3O7/c1-25(2)12-5-6-13(27)15-10(12)7-9-8-11-17(26(3)4)19(29)16(22(24)32)21(31)23(11,33)20(30)14(9)18(15)28/h5-6,9,11,17,27-28,31,33H,7-8H2,1-4H3,(H2,24,32)/t9-,11-,17-,23?/m0/s1. The summed E-state index contributed by atoms with van der Waals surface area (Å²) in [7, 11) is 6.75. The third-order valence-corrected chi connectivity index (χ3v) is 7.06. The van der Waals surface area contributed by atoms with E-state index in [1.807, 2.05) is 19.0 Å². The fourth-order valence-corrected chi connectivity index (χ4v) is 5.65. The number of aliphatic hydroxyl groups is 3. The lowest BCUT2D eigenvalue weighted by Crippen LogP contribution is -2.65. The van der Waals surface area contributed by atoms with E-state index in [4.69, 9.17) is 5.73 Å². The van der Waals surface area contributed by atoms with Crippen LogP contribution in [0.25, 0.3) is 5.76 Å². The molecule has 1 fully saturated rings. The van der Waals surface area contributed by atoms with Crippen molar-refractivity contribution in [2.24, 2.45) is 17.6 Å². The molecule has 0 spiro atoms. The highest BCUT2D eigenvalue weighted by atomic mass is 16.3. The largest absolute Gasteiger partial charge is 0.508 e. The van der Waals surface area contributed by atoms with Crippen LogP contribution in [0, 0.1) is 11.8 Å². The van der Waals surface area contributed by atoms with Crippen LogP contribution in [0.5, 0.6) is 5.75 Å². The number of nitrogens with two attached hydrogens (primary N) is 1. The Kier molecular flexibility index (Phi) is 5.06. The number of anilines is 1. The van der Waals surface area contributed by atoms with Crippen LogP contribution in [0.2, 0.25) is 0 Å². The van der Waals surface area contributed by atoms with E-state index in [0.29, 0.717) is 5.56 Å². The zero-order valence-corrected chi connectivity index (χ0v) is 18.8. The summed E-state index contributed by atoms with van der Waals surface area (Å²) in [6.07, 6.45) is 0.324. The van der Waals surface area contributed by atoms with Crippen molar-refractivity contribution < 1.29 is 34.8 Å². The number of hydrogen-bond acceptors (Lipinski definition) is 9. The van der Waals surface area contributed by atoms with E-state index in [1.54, 1.807) is 20.2 Å². The zero-order valence-electron chi connectivity index (χ0n) is 18.8. The third kappa shape index (κ3) is 2.90. The third-order valence-electron chi connectivity index (χ3n) is 7.06. The van der Waals surface area contributed by atoms with Gasteiger partial charge < -0.3 is 31.1 Å². The zero-order chi connectivity index (χ0) is 24.6. The number of amides is 1. The number of fused-ring (bicyclic) bond motifs is 3. The molecule has 0 saturated heterocycles. The number of phenols is 1. The van der Waals surface area contributed by atoms with E-state index in [-0.39, 0.29) is 29.7 Å². The van der Waals surface area contributed by atoms with Gasteiger partial charge in [-0.1, -0.05) is 0 Å². The Balaban J connectivity index is 1.99. The van der Waals surface area contributed by atoms with Gasteiger partial charge in [-0.3, -0.25) is 19.3 Å². The maximum Gasteiger partial charge on any atom is 0.255 e. The molecule has 33 heavy (non-hydrogen) atoms. The molecule has 176 valence electrons. The van der Waals surface area contributed by atoms with Gasteiger partial charge in [0.25, 0.3) is 5.91 Å². The van der Waals surface area contributed by atoms with E-state index in [1.165, 1.54) is 11.0 Å². The summed E-state index contributed by atoms with van der Waals surface area (Å²) >= 11 is 0. The minimum absolute atomic E-state index is 0.0638. The maximum absolute atomic E-state index is 13.7. The van der Waals surface area contributed by atoms with Crippen LogP contribution in [-0.2, 0) is 20.8 Å². The molecule has 0 aromatic heterocycles. The lowest BCUT2D eigenvalue weighted by Gasteiger charge is -2.50. The van der Waals surface area contributed by atoms with Crippen LogP contribution >= 0.6 is 0 Å². The van der Waals surface area contributed by atoms with E-state index >= 15 is 0 Å². The number of hydrogen-bond donors (Lipinski definition) is 5. The van der Waals surface area contributed by atoms with Gasteiger partial charge in [0.1, 0.15) is 22.8 Å². The number of ketones is 2. The molecule has 0 heterocycles. The molecular formula is C23H27N3O7. The number of nitrogens with zero attached hydrogens (tertiary/aromatic N) is 2. The summed E-state index contributed by atoms with van der Waals surface area (Å²) in [5.41, 5.74) is 3.15. The molecule has 0 bridgehead atoms. The van der Waals surface area contributed by atoms with Gasteiger partial charge in [-0.15, -0.1) is 0 Å². The molecule has 3 aliphatic rings. The maximum atomic E-state index is 13.7. The molecule has 4 atom stereocenters. The van der Waals surface area contributed by atoms with Gasteiger partial charge in [-0.05, 0) is 50.6 Å². The highest BCUT2D eigenvalue weighted by molar-refractivity contribution is 6.24. The minimum atomic E-state index is -2.63. The van der Waals surface area contributed by atoms with Crippen molar-refractivity contribution in [3.8, 4) is 5.75 Å². The number of carbonyl (C=O) groups is 3. The number of aliphatic hydroxyl groups excluding tert-OH is 2. The van der Waals surface area contributed by atoms with Crippen LogP contribution < -0.4 is 10.6 Å². The van der Waals surface area contributed by atoms with Gasteiger partial charge in [0.05, 0.1) is 11.6 Å². The highest BCUT2D eigenvalue weighted by Crippen LogP contribution is 2.53. The quantitative estimate of drug-likeness (QED) is 0.394. The Labute approximate surface area is 190 Å². The number of carbonyl (C=O) groups excluding carboxylic acids is 3. The first kappa shape index (κ1) is 22.8. The molecule has 6 N–H and O–H groups in total. The van der Waals surface area contributed by atoms with Crippen LogP contribution in [0.15, 0.2) is 29.0 Å². The van der Waals surface area contributed by atoms with Crippen molar-refractivity contribution in [2.45, 2.75) is 24.5 Å². The molecular weight excluding hydrogens is 430 g/mol. The lowest BCUT2D eigenvalue weighted by atomic mass is 9.57. The topological polar surface area (TPSA) is 165 Å². The lowest BCUT2D eigenvalue weighted by molar-refractivity contribution is -0.153. The highest BCUT2D eigenvalue weighted by Gasteiger charge is 2.64. The minimum Gasteiger partial charge on any atom is -0.508 e. The van der Waals surface area contributed by atoms with E-state index in [2.05, 4.69) is 0 Å². The Bertz CT molecular complexity index is 1170. The molecule has 1 saturated carbocycles. The first-order chi connectivity index (χ1) is 15.3. The second-order valence-corrected chi connectivity index (χ2v) is 9.31. The Morgan fingerprint density at radius 1 is 1.12 bits per heavy atom. The van der Waals surface area contributed by atoms with Crippen LogP contribution in [0.4, 0.5) is 5.69 Å². The fraction of sp³-hybridized carbons (Fsp3) is 0.435. The molecule has 1 unspecified atom stereocenters. The fourth-order valence-electron chi connectivity index (χ4n) is 5.65. The van der Waals surface area contributed by atoms with Gasteiger partial charge >= 0.3 is 0 Å². The van der Waals surface area contributed by atoms with Crippen molar-refractivity contribution in [2.75, 3.05) is 33.1 Å². The van der Waals surface area contributed by atoms with E-state index in [9.17, 15) is 34.8 Å². The molecule has 10 heteroatoms. The summed E-state index contributed by atoms with van der Waals surface area (Å²) in [5, 5.41) is 43.9. The molecule has 10 nitrogen and oxygen atoms in total. The number of phenolic OH excluding ortho intramolecular Hbond substituents is 1. The SMILES string of the molecule is CN(C)c1ccc(O)c2c1C[C@H]1C[C@H]3[C@H](N(C)C)C(=O)C(C(N)=O)=C(O)C3(O)C(=O)C1=C2O. The van der Waals surface area contributed by atoms with Crippen molar-refractivity contribution in [3.63, 3.8) is 0 Å². The van der Waals surface area contributed by atoms with Crippen LogP contribution in [0.3, 0.4) is 0 Å². The predicted molar refractivity (Wildman–Crippen MR) is 119 cm³/mol. The molecule has 1 amide bonds. The normalized spacial score (nSPS) is 29.1. The second-order valence-electron chi connectivity index (χ2n) is 9.31. The number of benzene rings is 1. The number of Topliss-reactive ketones (excluding diaryl/α,β-unsaturated/α-hetero) is 2. The Morgan fingerprint density at radius 3 is 2.30 bits per heavy atom. The molecule has 4 rings (SSSR count). The summed E-state index contributed by atoms with van der Waals surface area (Å²) in [6.45, 7) is 0. The average molecular weight is 457 g/mol. The van der Waals surface area contributed by atoms with Gasteiger partial charge in [-0.25, -0.2) is 0 Å². The second kappa shape index (κ2) is 7.32. The Hall–Kier alpha value is -3.37. The number of rotatable bonds is 3. The van der Waals surface area contributed by atoms with Crippen molar-refractivity contribution in [1.29, 1.82) is 0 Å². The smallest absolute Gasteiger partial charge is 0.255 e. The molecule has 0 aliphatic heterocycles. The summed E-state index contributed by atoms with van der Waals surface area (Å²) in [4.78, 5) is 42.0.